The van der Waals surface area contributed by atoms with Crippen LogP contribution in [0.4, 0.5) is 5.69 Å². The smallest absolute Gasteiger partial charge is 0.213 e. The number of sulfonamides is 1. The van der Waals surface area contributed by atoms with E-state index >= 15 is 0 Å². The Hall–Kier alpha value is -1.07. The van der Waals surface area contributed by atoms with Crippen molar-refractivity contribution < 1.29 is 8.42 Å². The average Bonchev–Trinajstić information content (AvgIpc) is 2.47. The molecule has 0 amide bonds. The van der Waals surface area contributed by atoms with Crippen LogP contribution in [0.2, 0.25) is 0 Å². The maximum absolute atomic E-state index is 11.8. The van der Waals surface area contributed by atoms with Gasteiger partial charge in [0.05, 0.1) is 5.75 Å². The van der Waals surface area contributed by atoms with Crippen molar-refractivity contribution in [3.05, 3.63) is 29.8 Å². The van der Waals surface area contributed by atoms with Crippen molar-refractivity contribution in [1.82, 2.24) is 4.31 Å². The average molecular weight is 296 g/mol. The van der Waals surface area contributed by atoms with Crippen LogP contribution >= 0.6 is 0 Å². The Labute approximate surface area is 122 Å². The summed E-state index contributed by atoms with van der Waals surface area (Å²) in [6.45, 7) is 8.77. The molecule has 5 heteroatoms. The summed E-state index contributed by atoms with van der Waals surface area (Å²) in [5.41, 5.74) is 2.52. The minimum Gasteiger partial charge on any atom is -0.369 e. The molecule has 0 aliphatic carbocycles. The van der Waals surface area contributed by atoms with Crippen molar-refractivity contribution in [3.63, 3.8) is 0 Å². The molecule has 112 valence electrons. The molecule has 1 saturated heterocycles. The molecule has 0 radical (unpaired) electrons. The first-order valence-corrected chi connectivity index (χ1v) is 8.87. The van der Waals surface area contributed by atoms with E-state index in [0.29, 0.717) is 19.0 Å². The highest BCUT2D eigenvalue weighted by atomic mass is 32.2. The second-order valence-electron chi connectivity index (χ2n) is 5.53. The van der Waals surface area contributed by atoms with Crippen LogP contribution in [-0.4, -0.2) is 44.7 Å². The van der Waals surface area contributed by atoms with Crippen LogP contribution in [0.15, 0.2) is 24.3 Å². The van der Waals surface area contributed by atoms with Gasteiger partial charge in [-0.1, -0.05) is 26.0 Å². The first kappa shape index (κ1) is 15.3. The molecular weight excluding hydrogens is 272 g/mol. The Balaban J connectivity index is 2.00. The fourth-order valence-corrected chi connectivity index (χ4v) is 3.56. The van der Waals surface area contributed by atoms with E-state index in [-0.39, 0.29) is 5.75 Å². The Morgan fingerprint density at radius 3 is 2.05 bits per heavy atom. The lowest BCUT2D eigenvalue weighted by atomic mass is 10.0. The van der Waals surface area contributed by atoms with Crippen molar-refractivity contribution >= 4 is 15.7 Å². The molecule has 1 aliphatic rings. The third-order valence-electron chi connectivity index (χ3n) is 3.92. The molecule has 4 nitrogen and oxygen atoms in total. The van der Waals surface area contributed by atoms with Gasteiger partial charge in [0.2, 0.25) is 10.0 Å². The third-order valence-corrected chi connectivity index (χ3v) is 5.80. The summed E-state index contributed by atoms with van der Waals surface area (Å²) in [5, 5.41) is 0. The Bertz CT molecular complexity index is 529. The maximum atomic E-state index is 11.8. The monoisotopic (exact) mass is 296 g/mol. The number of hydrogen-bond acceptors (Lipinski definition) is 3. The molecule has 1 aromatic rings. The summed E-state index contributed by atoms with van der Waals surface area (Å²) in [5.74, 6) is 0.728. The zero-order chi connectivity index (χ0) is 14.8. The lowest BCUT2D eigenvalue weighted by Crippen LogP contribution is -2.49. The summed E-state index contributed by atoms with van der Waals surface area (Å²) in [6, 6.07) is 8.60. The molecule has 0 N–H and O–H groups in total. The predicted octanol–water partition coefficient (Wildman–Crippen LogP) is 2.28. The van der Waals surface area contributed by atoms with Crippen molar-refractivity contribution in [2.24, 2.45) is 0 Å². The third kappa shape index (κ3) is 3.33. The minimum absolute atomic E-state index is 0.191. The molecule has 0 spiro atoms. The lowest BCUT2D eigenvalue weighted by Gasteiger charge is -2.35. The Kier molecular flexibility index (Phi) is 4.70. The van der Waals surface area contributed by atoms with E-state index in [9.17, 15) is 8.42 Å². The van der Waals surface area contributed by atoms with Gasteiger partial charge in [0.25, 0.3) is 0 Å². The van der Waals surface area contributed by atoms with E-state index in [0.717, 1.165) is 13.1 Å². The molecule has 1 aromatic carbocycles. The van der Waals surface area contributed by atoms with Gasteiger partial charge in [0, 0.05) is 31.9 Å². The number of nitrogens with zero attached hydrogens (tertiary/aromatic N) is 2. The van der Waals surface area contributed by atoms with E-state index in [1.807, 2.05) is 0 Å². The van der Waals surface area contributed by atoms with Gasteiger partial charge in [0.15, 0.2) is 0 Å². The van der Waals surface area contributed by atoms with Crippen LogP contribution in [0.1, 0.15) is 32.3 Å². The molecule has 0 aromatic heterocycles. The Morgan fingerprint density at radius 2 is 1.60 bits per heavy atom. The molecule has 2 rings (SSSR count). The summed E-state index contributed by atoms with van der Waals surface area (Å²) in [4.78, 5) is 2.26. The largest absolute Gasteiger partial charge is 0.369 e. The van der Waals surface area contributed by atoms with Gasteiger partial charge in [0.1, 0.15) is 0 Å². The second-order valence-corrected chi connectivity index (χ2v) is 7.79. The Morgan fingerprint density at radius 1 is 1.05 bits per heavy atom. The first-order chi connectivity index (χ1) is 9.44. The van der Waals surface area contributed by atoms with Crippen molar-refractivity contribution in [1.29, 1.82) is 0 Å². The standard InChI is InChI=1S/C15H24N2O2S/c1-4-20(18,19)17-11-9-16(10-12-17)15-7-5-14(6-8-15)13(2)3/h5-8,13H,4,9-12H2,1-3H3. The van der Waals surface area contributed by atoms with Crippen LogP contribution in [0.25, 0.3) is 0 Å². The quantitative estimate of drug-likeness (QED) is 0.856. The summed E-state index contributed by atoms with van der Waals surface area (Å²) in [6.07, 6.45) is 0. The molecule has 0 bridgehead atoms. The number of piperazine rings is 1. The van der Waals surface area contributed by atoms with Gasteiger partial charge in [-0.15, -0.1) is 0 Å². The first-order valence-electron chi connectivity index (χ1n) is 7.26. The fourth-order valence-electron chi connectivity index (χ4n) is 2.48. The summed E-state index contributed by atoms with van der Waals surface area (Å²) in [7, 11) is -3.04. The van der Waals surface area contributed by atoms with E-state index in [1.54, 1.807) is 11.2 Å². The molecule has 1 aliphatic heterocycles. The summed E-state index contributed by atoms with van der Waals surface area (Å²) < 4.78 is 25.3. The van der Waals surface area contributed by atoms with Gasteiger partial charge in [-0.05, 0) is 30.5 Å². The summed E-state index contributed by atoms with van der Waals surface area (Å²) >= 11 is 0. The van der Waals surface area contributed by atoms with Crippen LogP contribution < -0.4 is 4.90 Å². The van der Waals surface area contributed by atoms with E-state index < -0.39 is 10.0 Å². The van der Waals surface area contributed by atoms with E-state index in [2.05, 4.69) is 43.0 Å². The lowest BCUT2D eigenvalue weighted by molar-refractivity contribution is 0.385. The van der Waals surface area contributed by atoms with Crippen LogP contribution in [0, 0.1) is 0 Å². The minimum atomic E-state index is -3.04. The maximum Gasteiger partial charge on any atom is 0.213 e. The van der Waals surface area contributed by atoms with E-state index in [1.165, 1.54) is 11.3 Å². The van der Waals surface area contributed by atoms with E-state index in [4.69, 9.17) is 0 Å². The molecule has 0 saturated carbocycles. The second kappa shape index (κ2) is 6.14. The highest BCUT2D eigenvalue weighted by Gasteiger charge is 2.25. The van der Waals surface area contributed by atoms with Crippen molar-refractivity contribution in [3.8, 4) is 0 Å². The molecular formula is C15H24N2O2S. The zero-order valence-corrected chi connectivity index (χ0v) is 13.4. The zero-order valence-electron chi connectivity index (χ0n) is 12.5. The highest BCUT2D eigenvalue weighted by molar-refractivity contribution is 7.89. The van der Waals surface area contributed by atoms with Gasteiger partial charge in [-0.3, -0.25) is 0 Å². The van der Waals surface area contributed by atoms with Crippen molar-refractivity contribution in [2.45, 2.75) is 26.7 Å². The normalized spacial score (nSPS) is 17.7. The van der Waals surface area contributed by atoms with Crippen LogP contribution in [0.3, 0.4) is 0 Å². The molecule has 1 fully saturated rings. The number of hydrogen-bond donors (Lipinski definition) is 0. The van der Waals surface area contributed by atoms with Crippen LogP contribution in [-0.2, 0) is 10.0 Å². The molecule has 0 atom stereocenters. The fraction of sp³-hybridized carbons (Fsp3) is 0.600. The van der Waals surface area contributed by atoms with Gasteiger partial charge < -0.3 is 4.90 Å². The topological polar surface area (TPSA) is 40.6 Å². The van der Waals surface area contributed by atoms with Gasteiger partial charge in [-0.25, -0.2) is 8.42 Å². The molecule has 20 heavy (non-hydrogen) atoms. The molecule has 0 unspecified atom stereocenters. The number of anilines is 1. The number of benzene rings is 1. The van der Waals surface area contributed by atoms with Gasteiger partial charge in [-0.2, -0.15) is 4.31 Å². The van der Waals surface area contributed by atoms with Gasteiger partial charge >= 0.3 is 0 Å². The van der Waals surface area contributed by atoms with Crippen LogP contribution in [0.5, 0.6) is 0 Å². The highest BCUT2D eigenvalue weighted by Crippen LogP contribution is 2.21. The van der Waals surface area contributed by atoms with Crippen molar-refractivity contribution in [2.75, 3.05) is 36.8 Å². The molecule has 1 heterocycles. The SMILES string of the molecule is CCS(=O)(=O)N1CCN(c2ccc(C(C)C)cc2)CC1. The number of rotatable bonds is 4. The predicted molar refractivity (Wildman–Crippen MR) is 83.8 cm³/mol.